The molecule has 0 aliphatic heterocycles. The Kier molecular flexibility index (Phi) is 6.95. The lowest BCUT2D eigenvalue weighted by atomic mass is 9.97. The van der Waals surface area contributed by atoms with Gasteiger partial charge in [0.1, 0.15) is 11.2 Å². The van der Waals surface area contributed by atoms with Crippen molar-refractivity contribution in [2.75, 3.05) is 6.54 Å². The van der Waals surface area contributed by atoms with Gasteiger partial charge in [0.15, 0.2) is 0 Å². The van der Waals surface area contributed by atoms with E-state index >= 15 is 0 Å². The molecule has 0 fully saturated rings. The van der Waals surface area contributed by atoms with Crippen LogP contribution < -0.4 is 16.6 Å². The Labute approximate surface area is 207 Å². The summed E-state index contributed by atoms with van der Waals surface area (Å²) >= 11 is 1.38. The lowest BCUT2D eigenvalue weighted by molar-refractivity contribution is -0.121. The molecule has 0 bridgehead atoms. The SMILES string of the molecule is O=C(Cn1c(=O)n(CCc2ccccc2)c(=O)c2sc3ccccc3c21)NCCC1=CCCCC1. The zero-order valence-corrected chi connectivity index (χ0v) is 20.5. The maximum absolute atomic E-state index is 13.6. The van der Waals surface area contributed by atoms with E-state index in [9.17, 15) is 14.4 Å². The second-order valence-corrected chi connectivity index (χ2v) is 10.1. The summed E-state index contributed by atoms with van der Waals surface area (Å²) in [6.07, 6.45) is 8.35. The Hall–Kier alpha value is -3.45. The molecule has 7 heteroatoms. The van der Waals surface area contributed by atoms with Crippen molar-refractivity contribution in [3.05, 3.63) is 92.6 Å². The van der Waals surface area contributed by atoms with Gasteiger partial charge in [0.05, 0.1) is 5.52 Å². The average Bonchev–Trinajstić information content (AvgIpc) is 3.28. The Morgan fingerprint density at radius 3 is 2.54 bits per heavy atom. The summed E-state index contributed by atoms with van der Waals surface area (Å²) in [6.45, 7) is 0.711. The molecule has 35 heavy (non-hydrogen) atoms. The van der Waals surface area contributed by atoms with Crippen LogP contribution in [0.3, 0.4) is 0 Å². The lowest BCUT2D eigenvalue weighted by Gasteiger charge is -2.14. The van der Waals surface area contributed by atoms with Crippen LogP contribution in [-0.2, 0) is 24.3 Å². The molecule has 2 aromatic heterocycles. The molecule has 0 radical (unpaired) electrons. The normalized spacial score (nSPS) is 13.8. The number of carbonyl (C=O) groups excluding carboxylic acids is 1. The van der Waals surface area contributed by atoms with Gasteiger partial charge in [-0.3, -0.25) is 18.7 Å². The van der Waals surface area contributed by atoms with Gasteiger partial charge in [-0.15, -0.1) is 11.3 Å². The van der Waals surface area contributed by atoms with Gasteiger partial charge in [0.25, 0.3) is 5.56 Å². The van der Waals surface area contributed by atoms with Gasteiger partial charge in [-0.05, 0) is 50.2 Å². The van der Waals surface area contributed by atoms with Crippen LogP contribution in [0, 0.1) is 0 Å². The number of carbonyl (C=O) groups is 1. The molecule has 0 saturated carbocycles. The fraction of sp³-hybridized carbons (Fsp3) is 0.321. The van der Waals surface area contributed by atoms with E-state index < -0.39 is 5.69 Å². The number of hydrogen-bond acceptors (Lipinski definition) is 4. The molecule has 0 saturated heterocycles. The summed E-state index contributed by atoms with van der Waals surface area (Å²) in [5, 5.41) is 3.81. The van der Waals surface area contributed by atoms with Gasteiger partial charge >= 0.3 is 5.69 Å². The number of aryl methyl sites for hydroxylation is 1. The van der Waals surface area contributed by atoms with Crippen molar-refractivity contribution >= 4 is 37.5 Å². The van der Waals surface area contributed by atoms with E-state index in [0.717, 1.165) is 34.9 Å². The maximum atomic E-state index is 13.6. The number of fused-ring (bicyclic) bond motifs is 3. The van der Waals surface area contributed by atoms with Crippen LogP contribution >= 0.6 is 11.3 Å². The third kappa shape index (κ3) is 5.00. The monoisotopic (exact) mass is 487 g/mol. The second kappa shape index (κ2) is 10.4. The Morgan fingerprint density at radius 2 is 1.74 bits per heavy atom. The highest BCUT2D eigenvalue weighted by atomic mass is 32.1. The molecular formula is C28H29N3O3S. The molecule has 1 aliphatic rings. The average molecular weight is 488 g/mol. The molecule has 2 aromatic carbocycles. The smallest absolute Gasteiger partial charge is 0.332 e. The van der Waals surface area contributed by atoms with E-state index in [2.05, 4.69) is 11.4 Å². The number of benzene rings is 2. The molecular weight excluding hydrogens is 458 g/mol. The molecule has 0 atom stereocenters. The third-order valence-corrected chi connectivity index (χ3v) is 7.81. The van der Waals surface area contributed by atoms with Gasteiger partial charge in [0, 0.05) is 23.2 Å². The van der Waals surface area contributed by atoms with E-state index in [-0.39, 0.29) is 24.6 Å². The van der Waals surface area contributed by atoms with Crippen LogP contribution in [0.25, 0.3) is 20.3 Å². The minimum atomic E-state index is -0.438. The molecule has 2 heterocycles. The van der Waals surface area contributed by atoms with Crippen molar-refractivity contribution in [1.82, 2.24) is 14.5 Å². The molecule has 0 spiro atoms. The van der Waals surface area contributed by atoms with Crippen LogP contribution in [0.2, 0.25) is 0 Å². The number of amides is 1. The van der Waals surface area contributed by atoms with Crippen LogP contribution in [0.5, 0.6) is 0 Å². The van der Waals surface area contributed by atoms with E-state index in [1.165, 1.54) is 38.9 Å². The fourth-order valence-electron chi connectivity index (χ4n) is 4.82. The highest BCUT2D eigenvalue weighted by molar-refractivity contribution is 7.25. The predicted octanol–water partition coefficient (Wildman–Crippen LogP) is 4.63. The summed E-state index contributed by atoms with van der Waals surface area (Å²) in [4.78, 5) is 39.9. The Bertz CT molecular complexity index is 1510. The number of aromatic nitrogens is 2. The van der Waals surface area contributed by atoms with Crippen LogP contribution in [-0.4, -0.2) is 21.6 Å². The third-order valence-electron chi connectivity index (χ3n) is 6.66. The quantitative estimate of drug-likeness (QED) is 0.369. The van der Waals surface area contributed by atoms with Gasteiger partial charge in [-0.1, -0.05) is 60.2 Å². The van der Waals surface area contributed by atoms with Crippen molar-refractivity contribution in [2.45, 2.75) is 51.6 Å². The first-order chi connectivity index (χ1) is 17.1. The van der Waals surface area contributed by atoms with Crippen LogP contribution in [0.1, 0.15) is 37.7 Å². The number of thiophene rings is 1. The number of rotatable bonds is 8. The zero-order valence-electron chi connectivity index (χ0n) is 19.7. The first kappa shape index (κ1) is 23.3. The van der Waals surface area contributed by atoms with E-state index in [1.807, 2.05) is 54.6 Å². The molecule has 1 N–H and O–H groups in total. The van der Waals surface area contributed by atoms with Crippen molar-refractivity contribution in [2.24, 2.45) is 0 Å². The summed E-state index contributed by atoms with van der Waals surface area (Å²) in [5.41, 5.74) is 2.28. The fourth-order valence-corrected chi connectivity index (χ4v) is 5.97. The first-order valence-corrected chi connectivity index (χ1v) is 13.1. The van der Waals surface area contributed by atoms with E-state index in [0.29, 0.717) is 23.2 Å². The number of nitrogens with one attached hydrogen (secondary N) is 1. The molecule has 1 amide bonds. The predicted molar refractivity (Wildman–Crippen MR) is 142 cm³/mol. The second-order valence-electron chi connectivity index (χ2n) is 9.05. The lowest BCUT2D eigenvalue weighted by Crippen LogP contribution is -2.42. The standard InChI is InChI=1S/C28H29N3O3S/c32-24(29-17-15-20-9-3-1-4-10-20)19-31-25-22-13-7-8-14-23(22)35-26(25)27(33)30(28(31)34)18-16-21-11-5-2-6-12-21/h2,5-9,11-14H,1,3-4,10,15-19H2,(H,29,32). The largest absolute Gasteiger partial charge is 0.354 e. The molecule has 180 valence electrons. The van der Waals surface area contributed by atoms with Gasteiger partial charge in [0.2, 0.25) is 5.91 Å². The molecule has 5 rings (SSSR count). The first-order valence-electron chi connectivity index (χ1n) is 12.3. The van der Waals surface area contributed by atoms with Crippen LogP contribution in [0.15, 0.2) is 75.8 Å². The minimum Gasteiger partial charge on any atom is -0.354 e. The topological polar surface area (TPSA) is 73.1 Å². The highest BCUT2D eigenvalue weighted by Crippen LogP contribution is 2.30. The van der Waals surface area contributed by atoms with Gasteiger partial charge in [-0.2, -0.15) is 0 Å². The summed E-state index contributed by atoms with van der Waals surface area (Å²) < 4.78 is 4.21. The molecule has 1 aliphatic carbocycles. The van der Waals surface area contributed by atoms with E-state index in [4.69, 9.17) is 0 Å². The maximum Gasteiger partial charge on any atom is 0.332 e. The van der Waals surface area contributed by atoms with Crippen molar-refractivity contribution in [3.8, 4) is 0 Å². The summed E-state index contributed by atoms with van der Waals surface area (Å²) in [6, 6.07) is 17.5. The summed E-state index contributed by atoms with van der Waals surface area (Å²) in [7, 11) is 0. The van der Waals surface area contributed by atoms with E-state index in [1.54, 1.807) is 0 Å². The number of allylic oxidation sites excluding steroid dienone is 1. The molecule has 0 unspecified atom stereocenters. The molecule has 4 aromatic rings. The minimum absolute atomic E-state index is 0.110. The van der Waals surface area contributed by atoms with Gasteiger partial charge in [-0.25, -0.2) is 4.79 Å². The summed E-state index contributed by atoms with van der Waals surface area (Å²) in [5.74, 6) is -0.214. The Morgan fingerprint density at radius 1 is 0.943 bits per heavy atom. The molecule has 6 nitrogen and oxygen atoms in total. The van der Waals surface area contributed by atoms with Crippen molar-refractivity contribution < 1.29 is 4.79 Å². The van der Waals surface area contributed by atoms with Gasteiger partial charge < -0.3 is 5.32 Å². The number of nitrogens with zero attached hydrogens (tertiary/aromatic N) is 2. The van der Waals surface area contributed by atoms with Crippen molar-refractivity contribution in [1.29, 1.82) is 0 Å². The van der Waals surface area contributed by atoms with Crippen molar-refractivity contribution in [3.63, 3.8) is 0 Å². The number of hydrogen-bond donors (Lipinski definition) is 1. The Balaban J connectivity index is 1.47. The van der Waals surface area contributed by atoms with Crippen LogP contribution in [0.4, 0.5) is 0 Å². The zero-order chi connectivity index (χ0) is 24.2. The highest BCUT2D eigenvalue weighted by Gasteiger charge is 2.20.